The normalized spacial score (nSPS) is 18.5. The van der Waals surface area contributed by atoms with Crippen LogP contribution in [-0.2, 0) is 0 Å². The maximum atomic E-state index is 12.5. The molecule has 3 rings (SSSR count). The second-order valence-electron chi connectivity index (χ2n) is 5.17. The summed E-state index contributed by atoms with van der Waals surface area (Å²) < 4.78 is 0. The molecule has 6 nitrogen and oxygen atoms in total. The number of hydrogen-bond acceptors (Lipinski definition) is 4. The van der Waals surface area contributed by atoms with Gasteiger partial charge in [-0.15, -0.1) is 0 Å². The highest BCUT2D eigenvalue weighted by atomic mass is 16.2. The molecule has 0 radical (unpaired) electrons. The lowest BCUT2D eigenvalue weighted by atomic mass is 10.1. The number of aromatic nitrogens is 4. The largest absolute Gasteiger partial charge is 0.338 e. The summed E-state index contributed by atoms with van der Waals surface area (Å²) in [6.07, 6.45) is 4.33. The molecule has 0 bridgehead atoms. The van der Waals surface area contributed by atoms with Crippen molar-refractivity contribution in [2.75, 3.05) is 13.1 Å². The fraction of sp³-hybridized carbons (Fsp3) is 0.429. The predicted molar refractivity (Wildman–Crippen MR) is 73.4 cm³/mol. The van der Waals surface area contributed by atoms with E-state index >= 15 is 0 Å². The number of rotatable bonds is 2. The van der Waals surface area contributed by atoms with Crippen LogP contribution in [0.1, 0.15) is 39.9 Å². The Morgan fingerprint density at radius 1 is 1.45 bits per heavy atom. The summed E-state index contributed by atoms with van der Waals surface area (Å²) in [6.45, 7) is 5.15. The van der Waals surface area contributed by atoms with E-state index in [1.807, 2.05) is 24.8 Å². The van der Waals surface area contributed by atoms with E-state index in [1.54, 1.807) is 12.4 Å². The van der Waals surface area contributed by atoms with Gasteiger partial charge in [0, 0.05) is 37.1 Å². The van der Waals surface area contributed by atoms with Crippen LogP contribution in [0, 0.1) is 13.8 Å². The average Bonchev–Trinajstić information content (AvgIpc) is 3.09. The van der Waals surface area contributed by atoms with E-state index < -0.39 is 0 Å². The first-order valence-electron chi connectivity index (χ1n) is 6.74. The van der Waals surface area contributed by atoms with Crippen LogP contribution in [0.15, 0.2) is 18.5 Å². The highest BCUT2D eigenvalue weighted by molar-refractivity contribution is 5.95. The number of aryl methyl sites for hydroxylation is 2. The highest BCUT2D eigenvalue weighted by Gasteiger charge is 2.29. The van der Waals surface area contributed by atoms with Crippen molar-refractivity contribution in [3.63, 3.8) is 0 Å². The smallest absolute Gasteiger partial charge is 0.257 e. The molecule has 0 unspecified atom stereocenters. The Balaban J connectivity index is 1.76. The number of amides is 1. The van der Waals surface area contributed by atoms with Crippen molar-refractivity contribution in [2.24, 2.45) is 0 Å². The van der Waals surface area contributed by atoms with Crippen molar-refractivity contribution < 1.29 is 4.79 Å². The number of nitrogens with one attached hydrogen (secondary N) is 1. The first-order valence-corrected chi connectivity index (χ1v) is 6.74. The third kappa shape index (κ3) is 2.29. The summed E-state index contributed by atoms with van der Waals surface area (Å²) in [6, 6.07) is 1.97. The third-order valence-electron chi connectivity index (χ3n) is 3.77. The van der Waals surface area contributed by atoms with Gasteiger partial charge in [-0.05, 0) is 26.3 Å². The van der Waals surface area contributed by atoms with Crippen molar-refractivity contribution in [3.05, 3.63) is 41.2 Å². The number of likely N-dealkylation sites (tertiary alicyclic amines) is 1. The van der Waals surface area contributed by atoms with Crippen molar-refractivity contribution >= 4 is 5.91 Å². The van der Waals surface area contributed by atoms with Gasteiger partial charge in [-0.25, -0.2) is 9.97 Å². The molecule has 1 amide bonds. The lowest BCUT2D eigenvalue weighted by molar-refractivity contribution is 0.0789. The summed E-state index contributed by atoms with van der Waals surface area (Å²) in [4.78, 5) is 22.8. The van der Waals surface area contributed by atoms with Crippen molar-refractivity contribution in [1.29, 1.82) is 0 Å². The minimum Gasteiger partial charge on any atom is -0.338 e. The molecule has 2 aromatic heterocycles. The molecule has 1 atom stereocenters. The molecule has 1 aliphatic heterocycles. The Labute approximate surface area is 117 Å². The minimum absolute atomic E-state index is 0.0181. The Morgan fingerprint density at radius 3 is 3.00 bits per heavy atom. The number of carbonyl (C=O) groups excluding carboxylic acids is 1. The molecular formula is C14H17N5O. The number of H-pyrrole nitrogens is 1. The molecule has 1 saturated heterocycles. The molecule has 2 aromatic rings. The van der Waals surface area contributed by atoms with Crippen LogP contribution in [-0.4, -0.2) is 44.1 Å². The second-order valence-corrected chi connectivity index (χ2v) is 5.17. The van der Waals surface area contributed by atoms with Crippen LogP contribution in [0.25, 0.3) is 0 Å². The van der Waals surface area contributed by atoms with E-state index in [1.165, 1.54) is 0 Å². The maximum Gasteiger partial charge on any atom is 0.257 e. The molecular weight excluding hydrogens is 254 g/mol. The van der Waals surface area contributed by atoms with Crippen molar-refractivity contribution in [2.45, 2.75) is 26.2 Å². The first-order chi connectivity index (χ1) is 9.65. The maximum absolute atomic E-state index is 12.5. The van der Waals surface area contributed by atoms with Gasteiger partial charge in [0.15, 0.2) is 0 Å². The summed E-state index contributed by atoms with van der Waals surface area (Å²) in [5.74, 6) is 1.05. The van der Waals surface area contributed by atoms with Gasteiger partial charge in [0.05, 0.1) is 11.3 Å². The number of aromatic amines is 1. The minimum atomic E-state index is 0.0181. The SMILES string of the molecule is Cc1ncc(C(=O)N2CC[C@H](c3ccn[nH]3)C2)c(C)n1. The van der Waals surface area contributed by atoms with Gasteiger partial charge in [0.1, 0.15) is 5.82 Å². The van der Waals surface area contributed by atoms with Crippen LogP contribution in [0.3, 0.4) is 0 Å². The molecule has 3 heterocycles. The van der Waals surface area contributed by atoms with Gasteiger partial charge in [-0.3, -0.25) is 9.89 Å². The lowest BCUT2D eigenvalue weighted by Gasteiger charge is -2.17. The molecule has 20 heavy (non-hydrogen) atoms. The van der Waals surface area contributed by atoms with Gasteiger partial charge in [0.25, 0.3) is 5.91 Å². The molecule has 1 aliphatic rings. The average molecular weight is 271 g/mol. The van der Waals surface area contributed by atoms with Crippen LogP contribution in [0.2, 0.25) is 0 Å². The summed E-state index contributed by atoms with van der Waals surface area (Å²) in [5.41, 5.74) is 2.44. The number of hydrogen-bond donors (Lipinski definition) is 1. The zero-order valence-electron chi connectivity index (χ0n) is 11.6. The van der Waals surface area contributed by atoms with E-state index in [0.29, 0.717) is 23.9 Å². The van der Waals surface area contributed by atoms with Gasteiger partial charge in [0.2, 0.25) is 0 Å². The van der Waals surface area contributed by atoms with E-state index in [2.05, 4.69) is 20.2 Å². The molecule has 0 saturated carbocycles. The van der Waals surface area contributed by atoms with Crippen LogP contribution in [0.4, 0.5) is 0 Å². The van der Waals surface area contributed by atoms with E-state index in [-0.39, 0.29) is 5.91 Å². The summed E-state index contributed by atoms with van der Waals surface area (Å²) in [5, 5.41) is 6.95. The van der Waals surface area contributed by atoms with Crippen LogP contribution in [0.5, 0.6) is 0 Å². The quantitative estimate of drug-likeness (QED) is 0.897. The van der Waals surface area contributed by atoms with E-state index in [9.17, 15) is 4.79 Å². The number of carbonyl (C=O) groups is 1. The molecule has 0 aromatic carbocycles. The molecule has 6 heteroatoms. The summed E-state index contributed by atoms with van der Waals surface area (Å²) in [7, 11) is 0. The lowest BCUT2D eigenvalue weighted by Crippen LogP contribution is -2.29. The monoisotopic (exact) mass is 271 g/mol. The molecule has 0 spiro atoms. The first kappa shape index (κ1) is 12.8. The molecule has 1 N–H and O–H groups in total. The fourth-order valence-corrected chi connectivity index (χ4v) is 2.66. The van der Waals surface area contributed by atoms with Crippen molar-refractivity contribution in [1.82, 2.24) is 25.1 Å². The fourth-order valence-electron chi connectivity index (χ4n) is 2.66. The molecule has 104 valence electrons. The Hall–Kier alpha value is -2.24. The second kappa shape index (κ2) is 5.03. The zero-order chi connectivity index (χ0) is 14.1. The topological polar surface area (TPSA) is 74.8 Å². The van der Waals surface area contributed by atoms with Gasteiger partial charge >= 0.3 is 0 Å². The number of nitrogens with zero attached hydrogens (tertiary/aromatic N) is 4. The Morgan fingerprint density at radius 2 is 2.30 bits per heavy atom. The molecule has 1 fully saturated rings. The Kier molecular flexibility index (Phi) is 3.22. The summed E-state index contributed by atoms with van der Waals surface area (Å²) >= 11 is 0. The Bertz CT molecular complexity index is 622. The van der Waals surface area contributed by atoms with Gasteiger partial charge < -0.3 is 4.90 Å². The van der Waals surface area contributed by atoms with Crippen molar-refractivity contribution in [3.8, 4) is 0 Å². The van der Waals surface area contributed by atoms with E-state index in [4.69, 9.17) is 0 Å². The highest BCUT2D eigenvalue weighted by Crippen LogP contribution is 2.26. The van der Waals surface area contributed by atoms with Crippen LogP contribution < -0.4 is 0 Å². The third-order valence-corrected chi connectivity index (χ3v) is 3.77. The van der Waals surface area contributed by atoms with Crippen LogP contribution >= 0.6 is 0 Å². The van der Waals surface area contributed by atoms with Gasteiger partial charge in [-0.2, -0.15) is 5.10 Å². The molecule has 0 aliphatic carbocycles. The van der Waals surface area contributed by atoms with Gasteiger partial charge in [-0.1, -0.05) is 0 Å². The predicted octanol–water partition coefficient (Wildman–Crippen LogP) is 1.45. The standard InChI is InChI=1S/C14H17N5O/c1-9-12(7-15-10(2)17-9)14(20)19-6-4-11(8-19)13-3-5-16-18-13/h3,5,7,11H,4,6,8H2,1-2H3,(H,16,18)/t11-/m0/s1. The van der Waals surface area contributed by atoms with E-state index in [0.717, 1.165) is 24.4 Å². The zero-order valence-corrected chi connectivity index (χ0v) is 11.6.